The van der Waals surface area contributed by atoms with Crippen LogP contribution in [0.2, 0.25) is 0 Å². The van der Waals surface area contributed by atoms with Crippen LogP contribution in [0.25, 0.3) is 0 Å². The number of nitrogens with two attached hydrogens (primary N) is 2. The second-order valence-corrected chi connectivity index (χ2v) is 6.82. The Kier molecular flexibility index (Phi) is 8.77. The van der Waals surface area contributed by atoms with Crippen LogP contribution in [-0.2, 0) is 9.59 Å². The van der Waals surface area contributed by atoms with Gasteiger partial charge in [-0.2, -0.15) is 0 Å². The monoisotopic (exact) mass is 399 g/mol. The quantitative estimate of drug-likeness (QED) is 0.397. The molecule has 0 unspecified atom stereocenters. The average Bonchev–Trinajstić information content (AvgIpc) is 2.60. The lowest BCUT2D eigenvalue weighted by Crippen LogP contribution is -2.51. The molecule has 0 aliphatic carbocycles. The first-order valence-electron chi connectivity index (χ1n) is 8.88. The first-order chi connectivity index (χ1) is 13.0. The molecule has 0 aliphatic rings. The number of amides is 4. The van der Waals surface area contributed by atoms with Crippen LogP contribution in [-0.4, -0.2) is 36.5 Å². The van der Waals surface area contributed by atoms with Crippen molar-refractivity contribution in [2.24, 2.45) is 17.4 Å². The Morgan fingerprint density at radius 2 is 1.68 bits per heavy atom. The normalized spacial score (nSPS) is 13.0. The number of urea groups is 1. The minimum atomic E-state index is -1.01. The van der Waals surface area contributed by atoms with E-state index in [0.717, 1.165) is 12.1 Å². The van der Waals surface area contributed by atoms with E-state index in [1.807, 2.05) is 0 Å². The summed E-state index contributed by atoms with van der Waals surface area (Å²) in [5, 5.41) is 7.30. The van der Waals surface area contributed by atoms with Crippen molar-refractivity contribution in [1.82, 2.24) is 10.6 Å². The third kappa shape index (κ3) is 7.10. The van der Waals surface area contributed by atoms with Crippen molar-refractivity contribution in [3.05, 3.63) is 29.3 Å². The molecule has 7 N–H and O–H groups in total. The number of rotatable bonds is 9. The van der Waals surface area contributed by atoms with Crippen LogP contribution in [0.4, 0.5) is 19.3 Å². The van der Waals surface area contributed by atoms with Gasteiger partial charge in [-0.05, 0) is 37.8 Å². The zero-order chi connectivity index (χ0) is 21.4. The fourth-order valence-corrected chi connectivity index (χ4v) is 2.30. The van der Waals surface area contributed by atoms with Gasteiger partial charge < -0.3 is 27.4 Å². The SMILES string of the molecule is Cc1c(F)cc(NC(=O)[C@H](CCCNC(N)=O)NC(=O)[C@@H](N)C(C)C)cc1F. The maximum absolute atomic E-state index is 13.7. The molecule has 0 saturated carbocycles. The van der Waals surface area contributed by atoms with Gasteiger partial charge in [0.2, 0.25) is 11.8 Å². The van der Waals surface area contributed by atoms with E-state index in [0.29, 0.717) is 6.42 Å². The first kappa shape index (κ1) is 23.3. The van der Waals surface area contributed by atoms with Crippen LogP contribution in [0, 0.1) is 24.5 Å². The summed E-state index contributed by atoms with van der Waals surface area (Å²) in [6.07, 6.45) is 0.480. The van der Waals surface area contributed by atoms with Crippen molar-refractivity contribution in [3.8, 4) is 0 Å². The number of carbonyl (C=O) groups is 3. The standard InChI is InChI=1S/C18H27F2N5O3/c1-9(2)15(21)17(27)25-14(5-4-6-23-18(22)28)16(26)24-11-7-12(19)10(3)13(20)8-11/h7-9,14-15H,4-6,21H2,1-3H3,(H,24,26)(H,25,27)(H3,22,23,28)/t14-,15-/m0/s1. The lowest BCUT2D eigenvalue weighted by atomic mass is 10.0. The molecule has 1 rings (SSSR count). The van der Waals surface area contributed by atoms with Gasteiger partial charge in [0.15, 0.2) is 0 Å². The smallest absolute Gasteiger partial charge is 0.312 e. The topological polar surface area (TPSA) is 139 Å². The summed E-state index contributed by atoms with van der Waals surface area (Å²) in [7, 11) is 0. The predicted octanol–water partition coefficient (Wildman–Crippen LogP) is 1.13. The molecule has 0 spiro atoms. The summed E-state index contributed by atoms with van der Waals surface area (Å²) in [6.45, 7) is 4.99. The van der Waals surface area contributed by atoms with E-state index in [9.17, 15) is 23.2 Å². The first-order valence-corrected chi connectivity index (χ1v) is 8.88. The van der Waals surface area contributed by atoms with E-state index in [4.69, 9.17) is 11.5 Å². The van der Waals surface area contributed by atoms with Gasteiger partial charge in [-0.1, -0.05) is 13.8 Å². The highest BCUT2D eigenvalue weighted by molar-refractivity contribution is 5.97. The largest absolute Gasteiger partial charge is 0.352 e. The Labute approximate surface area is 162 Å². The van der Waals surface area contributed by atoms with Gasteiger partial charge >= 0.3 is 6.03 Å². The average molecular weight is 399 g/mol. The summed E-state index contributed by atoms with van der Waals surface area (Å²) in [6, 6.07) is -0.571. The maximum Gasteiger partial charge on any atom is 0.312 e. The molecule has 0 radical (unpaired) electrons. The van der Waals surface area contributed by atoms with E-state index in [1.165, 1.54) is 6.92 Å². The van der Waals surface area contributed by atoms with Gasteiger partial charge in [0.25, 0.3) is 0 Å². The molecule has 156 valence electrons. The van der Waals surface area contributed by atoms with Gasteiger partial charge in [-0.25, -0.2) is 13.6 Å². The Morgan fingerprint density at radius 1 is 1.11 bits per heavy atom. The number of hydrogen-bond acceptors (Lipinski definition) is 4. The van der Waals surface area contributed by atoms with Crippen molar-refractivity contribution >= 4 is 23.5 Å². The molecule has 1 aromatic rings. The number of anilines is 1. The van der Waals surface area contributed by atoms with E-state index in [2.05, 4.69) is 16.0 Å². The minimum Gasteiger partial charge on any atom is -0.352 e. The molecule has 0 saturated heterocycles. The molecule has 0 fully saturated rings. The molecule has 8 nitrogen and oxygen atoms in total. The molecule has 0 aliphatic heterocycles. The Morgan fingerprint density at radius 3 is 2.18 bits per heavy atom. The molecular formula is C18H27F2N5O3. The van der Waals surface area contributed by atoms with Crippen molar-refractivity contribution < 1.29 is 23.2 Å². The van der Waals surface area contributed by atoms with Crippen LogP contribution >= 0.6 is 0 Å². The zero-order valence-corrected chi connectivity index (χ0v) is 16.1. The second kappa shape index (κ2) is 10.5. The lowest BCUT2D eigenvalue weighted by Gasteiger charge is -2.22. The highest BCUT2D eigenvalue weighted by Gasteiger charge is 2.25. The number of nitrogens with one attached hydrogen (secondary N) is 3. The van der Waals surface area contributed by atoms with E-state index in [-0.39, 0.29) is 30.1 Å². The molecule has 0 bridgehead atoms. The van der Waals surface area contributed by atoms with Crippen molar-refractivity contribution in [2.75, 3.05) is 11.9 Å². The highest BCUT2D eigenvalue weighted by Crippen LogP contribution is 2.18. The molecule has 28 heavy (non-hydrogen) atoms. The Balaban J connectivity index is 2.87. The van der Waals surface area contributed by atoms with Crippen molar-refractivity contribution in [3.63, 3.8) is 0 Å². The molecule has 0 heterocycles. The third-order valence-electron chi connectivity index (χ3n) is 4.17. The number of primary amides is 1. The molecule has 4 amide bonds. The Hall–Kier alpha value is -2.75. The third-order valence-corrected chi connectivity index (χ3v) is 4.17. The zero-order valence-electron chi connectivity index (χ0n) is 16.1. The molecule has 0 aromatic heterocycles. The maximum atomic E-state index is 13.7. The minimum absolute atomic E-state index is 0.0757. The van der Waals surface area contributed by atoms with Crippen LogP contribution < -0.4 is 27.4 Å². The summed E-state index contributed by atoms with van der Waals surface area (Å²) < 4.78 is 27.4. The van der Waals surface area contributed by atoms with Gasteiger partial charge in [0.1, 0.15) is 17.7 Å². The molecule has 10 heteroatoms. The fourth-order valence-electron chi connectivity index (χ4n) is 2.30. The molecular weight excluding hydrogens is 372 g/mol. The number of benzene rings is 1. The summed E-state index contributed by atoms with van der Waals surface area (Å²) in [4.78, 5) is 35.5. The van der Waals surface area contributed by atoms with Crippen molar-refractivity contribution in [2.45, 2.75) is 45.7 Å². The van der Waals surface area contributed by atoms with E-state index < -0.39 is 41.6 Å². The van der Waals surface area contributed by atoms with Gasteiger partial charge in [0.05, 0.1) is 6.04 Å². The van der Waals surface area contributed by atoms with Crippen LogP contribution in [0.15, 0.2) is 12.1 Å². The van der Waals surface area contributed by atoms with Crippen LogP contribution in [0.5, 0.6) is 0 Å². The fraction of sp³-hybridized carbons (Fsp3) is 0.500. The van der Waals surface area contributed by atoms with E-state index in [1.54, 1.807) is 13.8 Å². The summed E-state index contributed by atoms with van der Waals surface area (Å²) in [5.41, 5.74) is 10.5. The number of halogens is 2. The second-order valence-electron chi connectivity index (χ2n) is 6.82. The van der Waals surface area contributed by atoms with Gasteiger partial charge in [0, 0.05) is 17.8 Å². The molecule has 1 aromatic carbocycles. The van der Waals surface area contributed by atoms with Gasteiger partial charge in [-0.3, -0.25) is 9.59 Å². The summed E-state index contributed by atoms with van der Waals surface area (Å²) >= 11 is 0. The van der Waals surface area contributed by atoms with Crippen LogP contribution in [0.3, 0.4) is 0 Å². The van der Waals surface area contributed by atoms with Crippen LogP contribution in [0.1, 0.15) is 32.3 Å². The Bertz CT molecular complexity index is 704. The predicted molar refractivity (Wildman–Crippen MR) is 101 cm³/mol. The lowest BCUT2D eigenvalue weighted by molar-refractivity contribution is -0.128. The summed E-state index contributed by atoms with van der Waals surface area (Å²) in [5.74, 6) is -2.95. The molecule has 2 atom stereocenters. The highest BCUT2D eigenvalue weighted by atomic mass is 19.1. The number of hydrogen-bond donors (Lipinski definition) is 5. The number of carbonyl (C=O) groups excluding carboxylic acids is 3. The van der Waals surface area contributed by atoms with Crippen molar-refractivity contribution in [1.29, 1.82) is 0 Å². The van der Waals surface area contributed by atoms with Gasteiger partial charge in [-0.15, -0.1) is 0 Å². The van der Waals surface area contributed by atoms with E-state index >= 15 is 0 Å².